The van der Waals surface area contributed by atoms with Gasteiger partial charge in [0.15, 0.2) is 0 Å². The van der Waals surface area contributed by atoms with Crippen LogP contribution in [-0.4, -0.2) is 12.6 Å². The van der Waals surface area contributed by atoms with E-state index in [1.165, 1.54) is 31.7 Å². The third-order valence-corrected chi connectivity index (χ3v) is 5.38. The van der Waals surface area contributed by atoms with Crippen molar-refractivity contribution in [2.75, 3.05) is 6.54 Å². The summed E-state index contributed by atoms with van der Waals surface area (Å²) in [6.07, 6.45) is 6.08. The highest BCUT2D eigenvalue weighted by atomic mass is 35.5. The Morgan fingerprint density at radius 2 is 2.05 bits per heavy atom. The second-order valence-electron chi connectivity index (χ2n) is 7.62. The molecule has 2 fully saturated rings. The van der Waals surface area contributed by atoms with Crippen LogP contribution < -0.4 is 5.32 Å². The smallest absolute Gasteiger partial charge is 0.128 e. The van der Waals surface area contributed by atoms with Gasteiger partial charge in [-0.3, -0.25) is 0 Å². The summed E-state index contributed by atoms with van der Waals surface area (Å²) in [5.74, 6) is 0.702. The maximum absolute atomic E-state index is 14.4. The Morgan fingerprint density at radius 3 is 2.71 bits per heavy atom. The van der Waals surface area contributed by atoms with Gasteiger partial charge in [-0.2, -0.15) is 0 Å². The van der Waals surface area contributed by atoms with E-state index in [0.29, 0.717) is 22.3 Å². The summed E-state index contributed by atoms with van der Waals surface area (Å²) < 4.78 is 14.4. The van der Waals surface area contributed by atoms with Crippen LogP contribution in [0.3, 0.4) is 0 Å². The van der Waals surface area contributed by atoms with Gasteiger partial charge in [0, 0.05) is 11.1 Å². The van der Waals surface area contributed by atoms with Crippen molar-refractivity contribution in [3.8, 4) is 0 Å². The molecule has 0 spiro atoms. The highest BCUT2D eigenvalue weighted by Gasteiger charge is 2.37. The molecule has 3 rings (SSSR count). The molecule has 0 saturated heterocycles. The van der Waals surface area contributed by atoms with E-state index in [1.54, 1.807) is 0 Å². The van der Waals surface area contributed by atoms with Crippen LogP contribution in [0.15, 0.2) is 18.2 Å². The fraction of sp³-hybridized carbons (Fsp3) is 0.667. The Morgan fingerprint density at radius 1 is 1.29 bits per heavy atom. The van der Waals surface area contributed by atoms with Gasteiger partial charge in [-0.15, -0.1) is 0 Å². The van der Waals surface area contributed by atoms with Crippen molar-refractivity contribution in [1.29, 1.82) is 0 Å². The minimum absolute atomic E-state index is 0.137. The van der Waals surface area contributed by atoms with Crippen LogP contribution in [0.5, 0.6) is 0 Å². The lowest BCUT2D eigenvalue weighted by molar-refractivity contribution is 0.157. The van der Waals surface area contributed by atoms with E-state index in [0.717, 1.165) is 24.6 Å². The Labute approximate surface area is 132 Å². The second kappa shape index (κ2) is 5.89. The van der Waals surface area contributed by atoms with Gasteiger partial charge < -0.3 is 5.32 Å². The van der Waals surface area contributed by atoms with E-state index in [2.05, 4.69) is 19.2 Å². The van der Waals surface area contributed by atoms with Gasteiger partial charge in [0.25, 0.3) is 0 Å². The number of halogens is 2. The molecule has 0 aliphatic heterocycles. The Bertz CT molecular complexity index is 508. The average Bonchev–Trinajstić information content (AvgIpc) is 3.21. The lowest BCUT2D eigenvalue weighted by Gasteiger charge is -2.41. The van der Waals surface area contributed by atoms with Crippen molar-refractivity contribution >= 4 is 11.6 Å². The molecule has 2 atom stereocenters. The quantitative estimate of drug-likeness (QED) is 0.812. The molecule has 1 aromatic carbocycles. The van der Waals surface area contributed by atoms with Crippen molar-refractivity contribution in [3.63, 3.8) is 0 Å². The lowest BCUT2D eigenvalue weighted by atomic mass is 9.65. The molecule has 1 nitrogen and oxygen atoms in total. The van der Waals surface area contributed by atoms with Crippen molar-refractivity contribution in [2.24, 2.45) is 11.3 Å². The first-order chi connectivity index (χ1) is 9.94. The molecule has 3 heteroatoms. The summed E-state index contributed by atoms with van der Waals surface area (Å²) >= 11 is 5.91. The fourth-order valence-corrected chi connectivity index (χ4v) is 3.82. The zero-order valence-electron chi connectivity index (χ0n) is 13.0. The highest BCUT2D eigenvalue weighted by molar-refractivity contribution is 6.30. The lowest BCUT2D eigenvalue weighted by Crippen LogP contribution is -2.35. The van der Waals surface area contributed by atoms with Crippen molar-refractivity contribution in [3.05, 3.63) is 34.6 Å². The maximum Gasteiger partial charge on any atom is 0.128 e. The topological polar surface area (TPSA) is 12.0 Å². The first kappa shape index (κ1) is 15.3. The molecule has 0 aromatic heterocycles. The number of benzene rings is 1. The van der Waals surface area contributed by atoms with Crippen LogP contribution in [0.1, 0.15) is 57.4 Å². The van der Waals surface area contributed by atoms with Crippen molar-refractivity contribution < 1.29 is 4.39 Å². The predicted molar refractivity (Wildman–Crippen MR) is 86.3 cm³/mol. The molecule has 21 heavy (non-hydrogen) atoms. The standard InChI is InChI=1S/C18H25ClFN/c1-18(2)8-7-12(11-21-14-4-5-14)16(10-18)15-6-3-13(19)9-17(15)20/h3,6,9,12,14,16,21H,4-5,7-8,10-11H2,1-2H3. The Hall–Kier alpha value is -0.600. The molecular formula is C18H25ClFN. The minimum Gasteiger partial charge on any atom is -0.314 e. The molecule has 116 valence electrons. The molecule has 0 radical (unpaired) electrons. The van der Waals surface area contributed by atoms with Gasteiger partial charge in [-0.25, -0.2) is 4.39 Å². The van der Waals surface area contributed by atoms with Gasteiger partial charge in [0.05, 0.1) is 0 Å². The SMILES string of the molecule is CC1(C)CCC(CNC2CC2)C(c2ccc(Cl)cc2F)C1. The Kier molecular flexibility index (Phi) is 4.29. The molecular weight excluding hydrogens is 285 g/mol. The van der Waals surface area contributed by atoms with Crippen LogP contribution in [0, 0.1) is 17.2 Å². The van der Waals surface area contributed by atoms with Crippen LogP contribution in [-0.2, 0) is 0 Å². The van der Waals surface area contributed by atoms with E-state index in [1.807, 2.05) is 12.1 Å². The number of rotatable bonds is 4. The summed E-state index contributed by atoms with van der Waals surface area (Å²) in [6.45, 7) is 5.63. The van der Waals surface area contributed by atoms with Gasteiger partial charge in [0.1, 0.15) is 5.82 Å². The second-order valence-corrected chi connectivity index (χ2v) is 8.06. The predicted octanol–water partition coefficient (Wildman–Crippen LogP) is 5.14. The van der Waals surface area contributed by atoms with Gasteiger partial charge in [0.2, 0.25) is 0 Å². The molecule has 1 N–H and O–H groups in total. The number of nitrogens with one attached hydrogen (secondary N) is 1. The first-order valence-electron chi connectivity index (χ1n) is 8.13. The van der Waals surface area contributed by atoms with Crippen LogP contribution in [0.2, 0.25) is 5.02 Å². The van der Waals surface area contributed by atoms with Crippen LogP contribution in [0.25, 0.3) is 0 Å². The van der Waals surface area contributed by atoms with E-state index in [9.17, 15) is 4.39 Å². The maximum atomic E-state index is 14.4. The van der Waals surface area contributed by atoms with E-state index in [4.69, 9.17) is 11.6 Å². The third-order valence-electron chi connectivity index (χ3n) is 5.14. The molecule has 1 aromatic rings. The summed E-state index contributed by atoms with van der Waals surface area (Å²) in [6, 6.07) is 5.90. The monoisotopic (exact) mass is 309 g/mol. The zero-order valence-corrected chi connectivity index (χ0v) is 13.7. The summed E-state index contributed by atoms with van der Waals surface area (Å²) in [5.41, 5.74) is 1.15. The summed E-state index contributed by atoms with van der Waals surface area (Å²) in [5, 5.41) is 4.12. The zero-order chi connectivity index (χ0) is 15.0. The van der Waals surface area contributed by atoms with E-state index in [-0.39, 0.29) is 5.82 Å². The van der Waals surface area contributed by atoms with Crippen LogP contribution >= 0.6 is 11.6 Å². The van der Waals surface area contributed by atoms with E-state index < -0.39 is 0 Å². The largest absolute Gasteiger partial charge is 0.314 e. The molecule has 2 unspecified atom stereocenters. The highest BCUT2D eigenvalue weighted by Crippen LogP contribution is 2.47. The molecule has 0 amide bonds. The van der Waals surface area contributed by atoms with E-state index >= 15 is 0 Å². The van der Waals surface area contributed by atoms with Gasteiger partial charge in [-0.1, -0.05) is 31.5 Å². The van der Waals surface area contributed by atoms with Crippen molar-refractivity contribution in [1.82, 2.24) is 5.32 Å². The normalized spacial score (nSPS) is 28.6. The van der Waals surface area contributed by atoms with Gasteiger partial charge >= 0.3 is 0 Å². The fourth-order valence-electron chi connectivity index (χ4n) is 3.66. The number of hydrogen-bond acceptors (Lipinski definition) is 1. The molecule has 2 saturated carbocycles. The minimum atomic E-state index is -0.137. The summed E-state index contributed by atoms with van der Waals surface area (Å²) in [4.78, 5) is 0. The molecule has 0 bridgehead atoms. The molecule has 2 aliphatic carbocycles. The average molecular weight is 310 g/mol. The molecule has 2 aliphatic rings. The van der Waals surface area contributed by atoms with Crippen LogP contribution in [0.4, 0.5) is 4.39 Å². The third kappa shape index (κ3) is 3.78. The van der Waals surface area contributed by atoms with Gasteiger partial charge in [-0.05, 0) is 73.6 Å². The molecule has 0 heterocycles. The first-order valence-corrected chi connectivity index (χ1v) is 8.51. The van der Waals surface area contributed by atoms with Crippen molar-refractivity contribution in [2.45, 2.75) is 57.9 Å². The number of hydrogen-bond donors (Lipinski definition) is 1. The summed E-state index contributed by atoms with van der Waals surface area (Å²) in [7, 11) is 0. The Balaban J connectivity index is 1.80.